The molecule has 1 saturated carbocycles. The van der Waals surface area contributed by atoms with Gasteiger partial charge in [0.25, 0.3) is 0 Å². The monoisotopic (exact) mass is 194 g/mol. The second-order valence-electron chi connectivity index (χ2n) is 4.39. The highest BCUT2D eigenvalue weighted by atomic mass is 16.3. The molecule has 3 nitrogen and oxygen atoms in total. The predicted molar refractivity (Wildman–Crippen MR) is 55.0 cm³/mol. The molecule has 78 valence electrons. The first kappa shape index (κ1) is 9.71. The molecule has 14 heavy (non-hydrogen) atoms. The van der Waals surface area contributed by atoms with Crippen molar-refractivity contribution in [2.45, 2.75) is 45.3 Å². The smallest absolute Gasteiger partial charge is 0.105 e. The molecule has 0 amide bonds. The number of hydrogen-bond donors (Lipinski definition) is 1. The van der Waals surface area contributed by atoms with E-state index in [9.17, 15) is 5.11 Å². The third kappa shape index (κ3) is 1.69. The van der Waals surface area contributed by atoms with Gasteiger partial charge < -0.3 is 9.67 Å². The van der Waals surface area contributed by atoms with E-state index in [1.807, 2.05) is 19.3 Å². The van der Waals surface area contributed by atoms with E-state index in [1.54, 1.807) is 0 Å². The molecule has 1 aliphatic rings. The molecule has 0 bridgehead atoms. The van der Waals surface area contributed by atoms with Crippen LogP contribution in [0.25, 0.3) is 0 Å². The van der Waals surface area contributed by atoms with Gasteiger partial charge in [-0.2, -0.15) is 0 Å². The predicted octanol–water partition coefficient (Wildman–Crippen LogP) is 1.91. The summed E-state index contributed by atoms with van der Waals surface area (Å²) < 4.78 is 2.20. The highest BCUT2D eigenvalue weighted by molar-refractivity contribution is 4.95. The van der Waals surface area contributed by atoms with Gasteiger partial charge in [-0.1, -0.05) is 6.92 Å². The van der Waals surface area contributed by atoms with Crippen molar-refractivity contribution in [3.63, 3.8) is 0 Å². The number of imidazole rings is 1. The summed E-state index contributed by atoms with van der Waals surface area (Å²) >= 11 is 0. The van der Waals surface area contributed by atoms with Crippen LogP contribution < -0.4 is 0 Å². The molecule has 0 spiro atoms. The van der Waals surface area contributed by atoms with Gasteiger partial charge >= 0.3 is 0 Å². The Kier molecular flexibility index (Phi) is 2.59. The Morgan fingerprint density at radius 3 is 2.93 bits per heavy atom. The van der Waals surface area contributed by atoms with Gasteiger partial charge in [-0.15, -0.1) is 0 Å². The summed E-state index contributed by atoms with van der Waals surface area (Å²) in [7, 11) is 0. The summed E-state index contributed by atoms with van der Waals surface area (Å²) in [6.07, 6.45) is 6.67. The van der Waals surface area contributed by atoms with E-state index in [4.69, 9.17) is 0 Å². The molecule has 1 N–H and O–H groups in total. The molecule has 1 aromatic heterocycles. The summed E-state index contributed by atoms with van der Waals surface area (Å²) in [6.45, 7) is 4.28. The highest BCUT2D eigenvalue weighted by Gasteiger charge is 2.28. The molecule has 1 heterocycles. The Hall–Kier alpha value is -0.830. The molecule has 3 unspecified atom stereocenters. The molecule has 0 radical (unpaired) electrons. The van der Waals surface area contributed by atoms with Gasteiger partial charge in [-0.25, -0.2) is 4.98 Å². The summed E-state index contributed by atoms with van der Waals surface area (Å²) in [4.78, 5) is 4.23. The van der Waals surface area contributed by atoms with Crippen LogP contribution >= 0.6 is 0 Å². The number of aliphatic hydroxyl groups excluding tert-OH is 1. The van der Waals surface area contributed by atoms with Crippen molar-refractivity contribution in [2.75, 3.05) is 0 Å². The number of nitrogens with zero attached hydrogens (tertiary/aromatic N) is 2. The minimum absolute atomic E-state index is 0.127. The number of hydrogen-bond acceptors (Lipinski definition) is 2. The molecule has 0 saturated heterocycles. The van der Waals surface area contributed by atoms with E-state index in [-0.39, 0.29) is 6.10 Å². The maximum Gasteiger partial charge on any atom is 0.105 e. The zero-order chi connectivity index (χ0) is 10.1. The van der Waals surface area contributed by atoms with Gasteiger partial charge in [-0.05, 0) is 32.1 Å². The molecule has 0 aliphatic heterocycles. The average Bonchev–Trinajstić information content (AvgIpc) is 2.56. The minimum atomic E-state index is -0.127. The van der Waals surface area contributed by atoms with E-state index >= 15 is 0 Å². The van der Waals surface area contributed by atoms with E-state index in [1.165, 1.54) is 0 Å². The van der Waals surface area contributed by atoms with Crippen molar-refractivity contribution in [3.05, 3.63) is 18.2 Å². The molecule has 1 aliphatic carbocycles. The summed E-state index contributed by atoms with van der Waals surface area (Å²) in [6, 6.07) is 0.432. The Labute approximate surface area is 84.8 Å². The molecule has 2 rings (SSSR count). The van der Waals surface area contributed by atoms with Gasteiger partial charge in [0.1, 0.15) is 5.82 Å². The largest absolute Gasteiger partial charge is 0.393 e. The van der Waals surface area contributed by atoms with Crippen molar-refractivity contribution in [3.8, 4) is 0 Å². The van der Waals surface area contributed by atoms with Crippen LogP contribution in [0.1, 0.15) is 38.1 Å². The third-order valence-corrected chi connectivity index (χ3v) is 3.35. The van der Waals surface area contributed by atoms with Crippen molar-refractivity contribution in [1.29, 1.82) is 0 Å². The molecule has 1 aromatic rings. The van der Waals surface area contributed by atoms with Crippen LogP contribution in [0.4, 0.5) is 0 Å². The van der Waals surface area contributed by atoms with Crippen molar-refractivity contribution in [2.24, 2.45) is 5.92 Å². The van der Waals surface area contributed by atoms with Gasteiger partial charge in [0.05, 0.1) is 6.10 Å². The second kappa shape index (κ2) is 3.73. The third-order valence-electron chi connectivity index (χ3n) is 3.35. The number of aliphatic hydroxyl groups is 1. The average molecular weight is 194 g/mol. The van der Waals surface area contributed by atoms with E-state index in [0.29, 0.717) is 12.0 Å². The van der Waals surface area contributed by atoms with Gasteiger partial charge in [0, 0.05) is 18.4 Å². The molecule has 3 atom stereocenters. The molecule has 1 fully saturated rings. The zero-order valence-corrected chi connectivity index (χ0v) is 8.85. The van der Waals surface area contributed by atoms with Gasteiger partial charge in [-0.3, -0.25) is 0 Å². The lowest BCUT2D eigenvalue weighted by Crippen LogP contribution is -2.28. The standard InChI is InChI=1S/C11H18N2O/c1-8-3-4-10(14)7-11(8)13-6-5-12-9(13)2/h5-6,8,10-11,14H,3-4,7H2,1-2H3. The number of aromatic nitrogens is 2. The Morgan fingerprint density at radius 1 is 1.50 bits per heavy atom. The lowest BCUT2D eigenvalue weighted by Gasteiger charge is -2.33. The first-order valence-corrected chi connectivity index (χ1v) is 5.36. The molecule has 0 aromatic carbocycles. The van der Waals surface area contributed by atoms with Crippen LogP contribution in [0.15, 0.2) is 12.4 Å². The fourth-order valence-corrected chi connectivity index (χ4v) is 2.40. The molecule has 3 heteroatoms. The number of rotatable bonds is 1. The van der Waals surface area contributed by atoms with Crippen molar-refractivity contribution < 1.29 is 5.11 Å². The second-order valence-corrected chi connectivity index (χ2v) is 4.39. The molecular weight excluding hydrogens is 176 g/mol. The molecular formula is C11H18N2O. The normalized spacial score (nSPS) is 33.2. The summed E-state index contributed by atoms with van der Waals surface area (Å²) in [5.74, 6) is 1.70. The zero-order valence-electron chi connectivity index (χ0n) is 8.85. The van der Waals surface area contributed by atoms with Crippen LogP contribution in [-0.4, -0.2) is 20.8 Å². The fraction of sp³-hybridized carbons (Fsp3) is 0.727. The van der Waals surface area contributed by atoms with Crippen LogP contribution in [0.2, 0.25) is 0 Å². The Balaban J connectivity index is 2.20. The quantitative estimate of drug-likeness (QED) is 0.741. The lowest BCUT2D eigenvalue weighted by atomic mass is 9.84. The van der Waals surface area contributed by atoms with Crippen LogP contribution in [-0.2, 0) is 0 Å². The van der Waals surface area contributed by atoms with Crippen LogP contribution in [0.3, 0.4) is 0 Å². The maximum atomic E-state index is 9.65. The Bertz CT molecular complexity index is 308. The van der Waals surface area contributed by atoms with Crippen molar-refractivity contribution in [1.82, 2.24) is 9.55 Å². The van der Waals surface area contributed by atoms with Crippen molar-refractivity contribution >= 4 is 0 Å². The summed E-state index contributed by atoms with van der Waals surface area (Å²) in [5, 5.41) is 9.65. The SMILES string of the molecule is Cc1nccn1C1CC(O)CCC1C. The van der Waals surface area contributed by atoms with Crippen LogP contribution in [0, 0.1) is 12.8 Å². The topological polar surface area (TPSA) is 38.0 Å². The lowest BCUT2D eigenvalue weighted by molar-refractivity contribution is 0.0772. The summed E-state index contributed by atoms with van der Waals surface area (Å²) in [5.41, 5.74) is 0. The van der Waals surface area contributed by atoms with Crippen LogP contribution in [0.5, 0.6) is 0 Å². The highest BCUT2D eigenvalue weighted by Crippen LogP contribution is 2.34. The fourth-order valence-electron chi connectivity index (χ4n) is 2.40. The van der Waals surface area contributed by atoms with E-state index < -0.39 is 0 Å². The Morgan fingerprint density at radius 2 is 2.29 bits per heavy atom. The maximum absolute atomic E-state index is 9.65. The van der Waals surface area contributed by atoms with E-state index in [0.717, 1.165) is 25.1 Å². The minimum Gasteiger partial charge on any atom is -0.393 e. The van der Waals surface area contributed by atoms with Gasteiger partial charge in [0.2, 0.25) is 0 Å². The first-order chi connectivity index (χ1) is 6.68. The van der Waals surface area contributed by atoms with E-state index in [2.05, 4.69) is 16.5 Å². The number of aryl methyl sites for hydroxylation is 1. The first-order valence-electron chi connectivity index (χ1n) is 5.36. The van der Waals surface area contributed by atoms with Gasteiger partial charge in [0.15, 0.2) is 0 Å².